The molecule has 1 aliphatic carbocycles. The number of hydrogen-bond donors (Lipinski definition) is 2. The summed E-state index contributed by atoms with van der Waals surface area (Å²) in [4.78, 5) is 23.1. The number of hydrogen-bond acceptors (Lipinski definition) is 2. The second-order valence-electron chi connectivity index (χ2n) is 6.63. The summed E-state index contributed by atoms with van der Waals surface area (Å²) in [7, 11) is 0. The van der Waals surface area contributed by atoms with Gasteiger partial charge < -0.3 is 10.4 Å². The van der Waals surface area contributed by atoms with Crippen LogP contribution in [0.3, 0.4) is 0 Å². The molecular formula is C17H22FNO3. The topological polar surface area (TPSA) is 66.4 Å². The second-order valence-corrected chi connectivity index (χ2v) is 6.63. The Morgan fingerprint density at radius 2 is 1.91 bits per heavy atom. The van der Waals surface area contributed by atoms with Crippen molar-refractivity contribution in [2.24, 2.45) is 11.8 Å². The average molecular weight is 307 g/mol. The van der Waals surface area contributed by atoms with Crippen molar-refractivity contribution in [1.82, 2.24) is 5.32 Å². The highest BCUT2D eigenvalue weighted by molar-refractivity contribution is 5.80. The number of nitrogens with one attached hydrogen (secondary N) is 1. The van der Waals surface area contributed by atoms with Crippen LogP contribution in [0.2, 0.25) is 0 Å². The molecule has 0 radical (unpaired) electrons. The van der Waals surface area contributed by atoms with Crippen LogP contribution in [0.1, 0.15) is 38.7 Å². The number of carboxylic acid groups (broad SMARTS) is 1. The fourth-order valence-corrected chi connectivity index (χ4v) is 3.00. The third-order valence-corrected chi connectivity index (χ3v) is 4.46. The van der Waals surface area contributed by atoms with E-state index in [1.165, 1.54) is 6.07 Å². The van der Waals surface area contributed by atoms with Gasteiger partial charge in [-0.15, -0.1) is 0 Å². The largest absolute Gasteiger partial charge is 0.481 e. The van der Waals surface area contributed by atoms with E-state index in [1.807, 2.05) is 13.8 Å². The molecular weight excluding hydrogens is 285 g/mol. The molecule has 1 saturated carbocycles. The van der Waals surface area contributed by atoms with Gasteiger partial charge in [0.2, 0.25) is 5.91 Å². The highest BCUT2D eigenvalue weighted by atomic mass is 19.1. The summed E-state index contributed by atoms with van der Waals surface area (Å²) in [5.41, 5.74) is 0.0383. The first-order valence-electron chi connectivity index (χ1n) is 7.57. The molecule has 0 aromatic heterocycles. The minimum absolute atomic E-state index is 0.131. The third kappa shape index (κ3) is 3.64. The number of amides is 1. The first-order chi connectivity index (χ1) is 10.3. The summed E-state index contributed by atoms with van der Waals surface area (Å²) in [5, 5.41) is 11.8. The lowest BCUT2D eigenvalue weighted by Crippen LogP contribution is -2.39. The SMILES string of the molecule is CC(C)(CNC(=O)[C@@H]1CC[C@H](C(=O)O)C1)c1ccccc1F. The smallest absolute Gasteiger partial charge is 0.306 e. The van der Waals surface area contributed by atoms with E-state index in [4.69, 9.17) is 5.11 Å². The molecule has 0 spiro atoms. The van der Waals surface area contributed by atoms with E-state index >= 15 is 0 Å². The van der Waals surface area contributed by atoms with E-state index < -0.39 is 17.3 Å². The van der Waals surface area contributed by atoms with Crippen molar-refractivity contribution in [1.29, 1.82) is 0 Å². The van der Waals surface area contributed by atoms with Crippen molar-refractivity contribution in [2.75, 3.05) is 6.54 Å². The molecule has 1 fully saturated rings. The maximum absolute atomic E-state index is 13.9. The monoisotopic (exact) mass is 307 g/mol. The van der Waals surface area contributed by atoms with E-state index in [0.717, 1.165) is 0 Å². The molecule has 0 unspecified atom stereocenters. The standard InChI is InChI=1S/C17H22FNO3/c1-17(2,13-5-3-4-6-14(13)18)10-19-15(20)11-7-8-12(9-11)16(21)22/h3-6,11-12H,7-10H2,1-2H3,(H,19,20)(H,21,22)/t11-,12+/m1/s1. The van der Waals surface area contributed by atoms with Crippen molar-refractivity contribution >= 4 is 11.9 Å². The number of aliphatic carboxylic acids is 1. The number of carbonyl (C=O) groups is 2. The van der Waals surface area contributed by atoms with Crippen molar-refractivity contribution in [3.05, 3.63) is 35.6 Å². The minimum Gasteiger partial charge on any atom is -0.481 e. The molecule has 2 rings (SSSR count). The summed E-state index contributed by atoms with van der Waals surface area (Å²) in [5.74, 6) is -1.92. The lowest BCUT2D eigenvalue weighted by Gasteiger charge is -2.26. The molecule has 1 aliphatic rings. The van der Waals surface area contributed by atoms with Gasteiger partial charge in [-0.25, -0.2) is 4.39 Å². The van der Waals surface area contributed by atoms with Crippen LogP contribution in [-0.2, 0) is 15.0 Å². The van der Waals surface area contributed by atoms with Crippen LogP contribution in [0, 0.1) is 17.7 Å². The summed E-state index contributed by atoms with van der Waals surface area (Å²) < 4.78 is 13.9. The van der Waals surface area contributed by atoms with E-state index in [0.29, 0.717) is 31.4 Å². The lowest BCUT2D eigenvalue weighted by atomic mass is 9.84. The number of rotatable bonds is 5. The Balaban J connectivity index is 1.94. The predicted octanol–water partition coefficient (Wildman–Crippen LogP) is 2.72. The normalized spacial score (nSPS) is 21.6. The molecule has 2 N–H and O–H groups in total. The van der Waals surface area contributed by atoms with E-state index in [2.05, 4.69) is 5.32 Å². The van der Waals surface area contributed by atoms with E-state index in [1.54, 1.807) is 18.2 Å². The number of carboxylic acids is 1. The molecule has 0 aliphatic heterocycles. The fraction of sp³-hybridized carbons (Fsp3) is 0.529. The van der Waals surface area contributed by atoms with Gasteiger partial charge in [-0.2, -0.15) is 0 Å². The van der Waals surface area contributed by atoms with Crippen molar-refractivity contribution in [3.8, 4) is 0 Å². The van der Waals surface area contributed by atoms with Crippen LogP contribution in [-0.4, -0.2) is 23.5 Å². The molecule has 1 aromatic rings. The van der Waals surface area contributed by atoms with Gasteiger partial charge in [-0.1, -0.05) is 32.0 Å². The summed E-state index contributed by atoms with van der Waals surface area (Å²) in [6, 6.07) is 6.54. The van der Waals surface area contributed by atoms with Crippen LogP contribution >= 0.6 is 0 Å². The molecule has 0 saturated heterocycles. The Morgan fingerprint density at radius 3 is 2.50 bits per heavy atom. The van der Waals surface area contributed by atoms with Crippen LogP contribution in [0.4, 0.5) is 4.39 Å². The van der Waals surface area contributed by atoms with Crippen molar-refractivity contribution in [2.45, 2.75) is 38.5 Å². The predicted molar refractivity (Wildman–Crippen MR) is 80.9 cm³/mol. The van der Waals surface area contributed by atoms with Gasteiger partial charge in [0.25, 0.3) is 0 Å². The summed E-state index contributed by atoms with van der Waals surface area (Å²) in [6.45, 7) is 4.07. The molecule has 120 valence electrons. The highest BCUT2D eigenvalue weighted by Crippen LogP contribution is 2.31. The van der Waals surface area contributed by atoms with Crippen LogP contribution in [0.5, 0.6) is 0 Å². The molecule has 1 aromatic carbocycles. The fourth-order valence-electron chi connectivity index (χ4n) is 3.00. The summed E-state index contributed by atoms with van der Waals surface area (Å²) in [6.07, 6.45) is 1.54. The lowest BCUT2D eigenvalue weighted by molar-refractivity contribution is -0.141. The van der Waals surface area contributed by atoms with Crippen LogP contribution in [0.25, 0.3) is 0 Å². The molecule has 4 nitrogen and oxygen atoms in total. The molecule has 22 heavy (non-hydrogen) atoms. The van der Waals surface area contributed by atoms with Gasteiger partial charge in [0, 0.05) is 17.9 Å². The first kappa shape index (κ1) is 16.5. The number of carbonyl (C=O) groups excluding carboxylic acids is 1. The molecule has 0 heterocycles. The Bertz CT molecular complexity index is 571. The number of halogens is 1. The van der Waals surface area contributed by atoms with Gasteiger partial charge >= 0.3 is 5.97 Å². The van der Waals surface area contributed by atoms with E-state index in [-0.39, 0.29) is 17.6 Å². The maximum atomic E-state index is 13.9. The highest BCUT2D eigenvalue weighted by Gasteiger charge is 2.34. The molecule has 2 atom stereocenters. The Kier molecular flexibility index (Phi) is 4.84. The molecule has 5 heteroatoms. The Hall–Kier alpha value is -1.91. The van der Waals surface area contributed by atoms with E-state index in [9.17, 15) is 14.0 Å². The van der Waals surface area contributed by atoms with Gasteiger partial charge in [0.05, 0.1) is 5.92 Å². The van der Waals surface area contributed by atoms with Crippen molar-refractivity contribution < 1.29 is 19.1 Å². The Morgan fingerprint density at radius 1 is 1.27 bits per heavy atom. The summed E-state index contributed by atoms with van der Waals surface area (Å²) >= 11 is 0. The zero-order valence-electron chi connectivity index (χ0n) is 12.9. The molecule has 0 bridgehead atoms. The first-order valence-corrected chi connectivity index (χ1v) is 7.57. The average Bonchev–Trinajstić information content (AvgIpc) is 2.95. The third-order valence-electron chi connectivity index (χ3n) is 4.46. The molecule has 1 amide bonds. The van der Waals surface area contributed by atoms with Gasteiger partial charge in [0.15, 0.2) is 0 Å². The zero-order valence-corrected chi connectivity index (χ0v) is 12.9. The minimum atomic E-state index is -0.831. The van der Waals surface area contributed by atoms with Crippen molar-refractivity contribution in [3.63, 3.8) is 0 Å². The van der Waals surface area contributed by atoms with Gasteiger partial charge in [-0.05, 0) is 30.9 Å². The maximum Gasteiger partial charge on any atom is 0.306 e. The van der Waals surface area contributed by atoms with Crippen LogP contribution in [0.15, 0.2) is 24.3 Å². The number of benzene rings is 1. The quantitative estimate of drug-likeness (QED) is 0.879. The van der Waals surface area contributed by atoms with Crippen LogP contribution < -0.4 is 5.32 Å². The second kappa shape index (κ2) is 6.46. The Labute approximate surface area is 129 Å². The van der Waals surface area contributed by atoms with Gasteiger partial charge in [-0.3, -0.25) is 9.59 Å². The zero-order chi connectivity index (χ0) is 16.3. The van der Waals surface area contributed by atoms with Gasteiger partial charge in [0.1, 0.15) is 5.82 Å².